The van der Waals surface area contributed by atoms with Gasteiger partial charge in [0.15, 0.2) is 0 Å². The van der Waals surface area contributed by atoms with Crippen molar-refractivity contribution >= 4 is 23.0 Å². The average molecular weight is 229 g/mol. The SMILES string of the molecule is CN(CC(C)(C)O)c1cc(Cl)ccc1N. The van der Waals surface area contributed by atoms with Crippen molar-refractivity contribution < 1.29 is 5.11 Å². The fraction of sp³-hybridized carbons (Fsp3) is 0.455. The summed E-state index contributed by atoms with van der Waals surface area (Å²) in [5.41, 5.74) is 6.56. The molecule has 0 amide bonds. The maximum Gasteiger partial charge on any atom is 0.0765 e. The maximum atomic E-state index is 9.69. The molecule has 0 aromatic heterocycles. The van der Waals surface area contributed by atoms with E-state index in [-0.39, 0.29) is 0 Å². The summed E-state index contributed by atoms with van der Waals surface area (Å²) in [5.74, 6) is 0. The van der Waals surface area contributed by atoms with Gasteiger partial charge in [-0.25, -0.2) is 0 Å². The highest BCUT2D eigenvalue weighted by atomic mass is 35.5. The highest BCUT2D eigenvalue weighted by Gasteiger charge is 2.17. The predicted molar refractivity (Wildman–Crippen MR) is 65.4 cm³/mol. The Labute approximate surface area is 95.5 Å². The van der Waals surface area contributed by atoms with Crippen LogP contribution >= 0.6 is 11.6 Å². The van der Waals surface area contributed by atoms with E-state index in [1.807, 2.05) is 11.9 Å². The van der Waals surface area contributed by atoms with Gasteiger partial charge in [0, 0.05) is 18.6 Å². The number of anilines is 2. The molecule has 0 bridgehead atoms. The number of benzene rings is 1. The molecule has 0 aliphatic rings. The smallest absolute Gasteiger partial charge is 0.0765 e. The fourth-order valence-electron chi connectivity index (χ4n) is 1.51. The summed E-state index contributed by atoms with van der Waals surface area (Å²) < 4.78 is 0. The van der Waals surface area contributed by atoms with Crippen molar-refractivity contribution in [2.24, 2.45) is 0 Å². The van der Waals surface area contributed by atoms with Gasteiger partial charge in [-0.05, 0) is 32.0 Å². The Balaban J connectivity index is 2.90. The lowest BCUT2D eigenvalue weighted by Gasteiger charge is -2.28. The highest BCUT2D eigenvalue weighted by molar-refractivity contribution is 6.31. The van der Waals surface area contributed by atoms with Crippen LogP contribution in [0.25, 0.3) is 0 Å². The van der Waals surface area contributed by atoms with Crippen LogP contribution in [0.1, 0.15) is 13.8 Å². The molecule has 0 fully saturated rings. The van der Waals surface area contributed by atoms with E-state index in [1.54, 1.807) is 32.0 Å². The molecule has 0 aliphatic carbocycles. The molecule has 3 nitrogen and oxygen atoms in total. The molecule has 0 heterocycles. The van der Waals surface area contributed by atoms with Crippen molar-refractivity contribution in [2.75, 3.05) is 24.2 Å². The molecule has 0 saturated carbocycles. The largest absolute Gasteiger partial charge is 0.397 e. The molecule has 4 heteroatoms. The molecule has 0 unspecified atom stereocenters. The third-order valence-electron chi connectivity index (χ3n) is 2.03. The van der Waals surface area contributed by atoms with Gasteiger partial charge in [0.05, 0.1) is 17.0 Å². The zero-order valence-electron chi connectivity index (χ0n) is 9.29. The zero-order chi connectivity index (χ0) is 11.6. The van der Waals surface area contributed by atoms with Gasteiger partial charge in [-0.2, -0.15) is 0 Å². The maximum absolute atomic E-state index is 9.69. The molecule has 1 aromatic rings. The minimum atomic E-state index is -0.760. The van der Waals surface area contributed by atoms with Gasteiger partial charge >= 0.3 is 0 Å². The summed E-state index contributed by atoms with van der Waals surface area (Å²) in [6.07, 6.45) is 0. The van der Waals surface area contributed by atoms with Gasteiger partial charge in [0.2, 0.25) is 0 Å². The van der Waals surface area contributed by atoms with E-state index < -0.39 is 5.60 Å². The van der Waals surface area contributed by atoms with Crippen LogP contribution in [0.15, 0.2) is 18.2 Å². The van der Waals surface area contributed by atoms with Crippen LogP contribution in [-0.4, -0.2) is 24.3 Å². The minimum Gasteiger partial charge on any atom is -0.397 e. The number of rotatable bonds is 3. The molecule has 0 saturated heterocycles. The van der Waals surface area contributed by atoms with Gasteiger partial charge < -0.3 is 15.7 Å². The lowest BCUT2D eigenvalue weighted by molar-refractivity contribution is 0.0886. The second-order valence-electron chi connectivity index (χ2n) is 4.37. The molecule has 84 valence electrons. The van der Waals surface area contributed by atoms with Gasteiger partial charge in [0.25, 0.3) is 0 Å². The first-order valence-corrected chi connectivity index (χ1v) is 5.16. The molecule has 0 spiro atoms. The Hall–Kier alpha value is -0.930. The molecule has 0 radical (unpaired) electrons. The van der Waals surface area contributed by atoms with E-state index in [0.29, 0.717) is 17.3 Å². The minimum absolute atomic E-state index is 0.498. The van der Waals surface area contributed by atoms with Crippen LogP contribution in [0.3, 0.4) is 0 Å². The third-order valence-corrected chi connectivity index (χ3v) is 2.26. The van der Waals surface area contributed by atoms with E-state index in [4.69, 9.17) is 17.3 Å². The lowest BCUT2D eigenvalue weighted by Crippen LogP contribution is -2.36. The number of nitrogen functional groups attached to an aromatic ring is 1. The van der Waals surface area contributed by atoms with Crippen LogP contribution in [-0.2, 0) is 0 Å². The Morgan fingerprint density at radius 2 is 2.07 bits per heavy atom. The quantitative estimate of drug-likeness (QED) is 0.780. The number of nitrogens with zero attached hydrogens (tertiary/aromatic N) is 1. The zero-order valence-corrected chi connectivity index (χ0v) is 10.0. The standard InChI is InChI=1S/C11H17ClN2O/c1-11(2,15)7-14(3)10-6-8(12)4-5-9(10)13/h4-6,15H,7,13H2,1-3H3. The lowest BCUT2D eigenvalue weighted by atomic mass is 10.1. The molecular formula is C11H17ClN2O. The van der Waals surface area contributed by atoms with Crippen LogP contribution in [0.2, 0.25) is 5.02 Å². The molecule has 0 atom stereocenters. The number of halogens is 1. The van der Waals surface area contributed by atoms with Crippen LogP contribution < -0.4 is 10.6 Å². The Morgan fingerprint density at radius 3 is 2.60 bits per heavy atom. The average Bonchev–Trinajstić information content (AvgIpc) is 2.06. The van der Waals surface area contributed by atoms with Crippen molar-refractivity contribution in [2.45, 2.75) is 19.4 Å². The van der Waals surface area contributed by atoms with Crippen molar-refractivity contribution in [1.29, 1.82) is 0 Å². The summed E-state index contributed by atoms with van der Waals surface area (Å²) in [4.78, 5) is 1.89. The first-order chi connectivity index (χ1) is 6.79. The van der Waals surface area contributed by atoms with Crippen LogP contribution in [0.4, 0.5) is 11.4 Å². The summed E-state index contributed by atoms with van der Waals surface area (Å²) in [7, 11) is 1.87. The fourth-order valence-corrected chi connectivity index (χ4v) is 1.68. The first kappa shape index (κ1) is 12.1. The number of hydrogen-bond acceptors (Lipinski definition) is 3. The molecule has 15 heavy (non-hydrogen) atoms. The summed E-state index contributed by atoms with van der Waals surface area (Å²) in [6, 6.07) is 5.31. The topological polar surface area (TPSA) is 49.5 Å². The Morgan fingerprint density at radius 1 is 1.47 bits per heavy atom. The van der Waals surface area contributed by atoms with Crippen molar-refractivity contribution in [3.05, 3.63) is 23.2 Å². The van der Waals surface area contributed by atoms with Gasteiger partial charge in [-0.15, -0.1) is 0 Å². The number of nitrogens with two attached hydrogens (primary N) is 1. The van der Waals surface area contributed by atoms with Crippen molar-refractivity contribution in [1.82, 2.24) is 0 Å². The van der Waals surface area contributed by atoms with E-state index >= 15 is 0 Å². The Kier molecular flexibility index (Phi) is 3.47. The van der Waals surface area contributed by atoms with Crippen molar-refractivity contribution in [3.8, 4) is 0 Å². The summed E-state index contributed by atoms with van der Waals surface area (Å²) in [6.45, 7) is 4.01. The number of hydrogen-bond donors (Lipinski definition) is 2. The molecule has 3 N–H and O–H groups in total. The van der Waals surface area contributed by atoms with Gasteiger partial charge in [-0.3, -0.25) is 0 Å². The number of aliphatic hydroxyl groups is 1. The molecule has 1 rings (SSSR count). The van der Waals surface area contributed by atoms with Gasteiger partial charge in [-0.1, -0.05) is 11.6 Å². The number of likely N-dealkylation sites (N-methyl/N-ethyl adjacent to an activating group) is 1. The summed E-state index contributed by atoms with van der Waals surface area (Å²) >= 11 is 5.89. The second-order valence-corrected chi connectivity index (χ2v) is 4.81. The second kappa shape index (κ2) is 4.29. The molecular weight excluding hydrogens is 212 g/mol. The molecule has 0 aliphatic heterocycles. The van der Waals surface area contributed by atoms with Crippen molar-refractivity contribution in [3.63, 3.8) is 0 Å². The normalized spacial score (nSPS) is 11.5. The van der Waals surface area contributed by atoms with E-state index in [0.717, 1.165) is 5.69 Å². The third kappa shape index (κ3) is 3.61. The van der Waals surface area contributed by atoms with Gasteiger partial charge in [0.1, 0.15) is 0 Å². The van der Waals surface area contributed by atoms with E-state index in [2.05, 4.69) is 0 Å². The van der Waals surface area contributed by atoms with Crippen LogP contribution in [0, 0.1) is 0 Å². The summed E-state index contributed by atoms with van der Waals surface area (Å²) in [5, 5.41) is 10.3. The van der Waals surface area contributed by atoms with Crippen LogP contribution in [0.5, 0.6) is 0 Å². The highest BCUT2D eigenvalue weighted by Crippen LogP contribution is 2.26. The Bertz CT molecular complexity index is 347. The monoisotopic (exact) mass is 228 g/mol. The molecule has 1 aromatic carbocycles. The first-order valence-electron chi connectivity index (χ1n) is 4.78. The predicted octanol–water partition coefficient (Wildman–Crippen LogP) is 2.13. The van der Waals surface area contributed by atoms with E-state index in [9.17, 15) is 5.11 Å². The van der Waals surface area contributed by atoms with E-state index in [1.165, 1.54) is 0 Å².